The molecule has 0 bridgehead atoms. The third-order valence-electron chi connectivity index (χ3n) is 3.89. The Morgan fingerprint density at radius 3 is 2.38 bits per heavy atom. The quantitative estimate of drug-likeness (QED) is 0.740. The second kappa shape index (κ2) is 3.93. The maximum atomic E-state index is 4.67. The molecule has 0 saturated carbocycles. The van der Waals surface area contributed by atoms with Gasteiger partial charge in [-0.25, -0.2) is 0 Å². The van der Waals surface area contributed by atoms with E-state index in [2.05, 4.69) is 68.1 Å². The predicted molar refractivity (Wildman–Crippen MR) is 68.3 cm³/mol. The lowest BCUT2D eigenvalue weighted by Crippen LogP contribution is -2.36. The Bertz CT molecular complexity index is 392. The Hall–Kier alpha value is -1.31. The fraction of sp³-hybridized carbons (Fsp3) is 0.500. The number of nitrogens with zero attached hydrogens (tertiary/aromatic N) is 2. The van der Waals surface area contributed by atoms with Crippen molar-refractivity contribution >= 4 is 5.71 Å². The molecule has 2 heteroatoms. The van der Waals surface area contributed by atoms with Gasteiger partial charge in [0.05, 0.1) is 12.6 Å². The van der Waals surface area contributed by atoms with Gasteiger partial charge in [0.25, 0.3) is 0 Å². The number of benzene rings is 1. The van der Waals surface area contributed by atoms with Crippen LogP contribution in [0.3, 0.4) is 0 Å². The minimum absolute atomic E-state index is 0.189. The zero-order chi connectivity index (χ0) is 11.8. The van der Waals surface area contributed by atoms with Gasteiger partial charge in [-0.3, -0.25) is 5.01 Å². The molecular weight excluding hydrogens is 196 g/mol. The van der Waals surface area contributed by atoms with Gasteiger partial charge in [-0.2, -0.15) is 5.10 Å². The first-order valence-corrected chi connectivity index (χ1v) is 5.88. The first kappa shape index (κ1) is 11.2. The largest absolute Gasteiger partial charge is 0.289 e. The summed E-state index contributed by atoms with van der Waals surface area (Å²) in [5.41, 5.74) is 2.74. The molecule has 2 rings (SSSR count). The van der Waals surface area contributed by atoms with E-state index in [1.807, 2.05) is 0 Å². The van der Waals surface area contributed by atoms with Crippen LogP contribution in [-0.2, 0) is 6.54 Å². The van der Waals surface area contributed by atoms with E-state index in [0.29, 0.717) is 6.04 Å². The van der Waals surface area contributed by atoms with Crippen molar-refractivity contribution in [3.8, 4) is 0 Å². The van der Waals surface area contributed by atoms with Crippen LogP contribution in [0.5, 0.6) is 0 Å². The molecule has 0 aromatic heterocycles. The minimum Gasteiger partial charge on any atom is -0.289 e. The van der Waals surface area contributed by atoms with Crippen LogP contribution >= 0.6 is 0 Å². The first-order valence-electron chi connectivity index (χ1n) is 5.88. The molecule has 1 aromatic rings. The van der Waals surface area contributed by atoms with Gasteiger partial charge in [0.15, 0.2) is 0 Å². The normalized spacial score (nSPS) is 23.4. The number of hydrogen-bond acceptors (Lipinski definition) is 2. The summed E-state index contributed by atoms with van der Waals surface area (Å²) in [4.78, 5) is 0. The van der Waals surface area contributed by atoms with E-state index in [9.17, 15) is 0 Å². The zero-order valence-corrected chi connectivity index (χ0v) is 10.6. The third-order valence-corrected chi connectivity index (χ3v) is 3.89. The van der Waals surface area contributed by atoms with Crippen molar-refractivity contribution in [3.05, 3.63) is 35.9 Å². The molecule has 1 heterocycles. The summed E-state index contributed by atoms with van der Waals surface area (Å²) >= 11 is 0. The van der Waals surface area contributed by atoms with Gasteiger partial charge in [0, 0.05) is 11.1 Å². The molecule has 0 spiro atoms. The van der Waals surface area contributed by atoms with Gasteiger partial charge in [0.1, 0.15) is 0 Å². The molecule has 1 aliphatic heterocycles. The van der Waals surface area contributed by atoms with Crippen LogP contribution in [0.4, 0.5) is 0 Å². The maximum Gasteiger partial charge on any atom is 0.0614 e. The monoisotopic (exact) mass is 216 g/mol. The smallest absolute Gasteiger partial charge is 0.0614 e. The molecule has 1 unspecified atom stereocenters. The fourth-order valence-electron chi connectivity index (χ4n) is 2.03. The average Bonchev–Trinajstić information content (AvgIpc) is 2.45. The minimum atomic E-state index is 0.189. The van der Waals surface area contributed by atoms with E-state index in [1.165, 1.54) is 11.3 Å². The van der Waals surface area contributed by atoms with Crippen molar-refractivity contribution in [2.24, 2.45) is 10.5 Å². The lowest BCUT2D eigenvalue weighted by molar-refractivity contribution is 0.173. The zero-order valence-electron chi connectivity index (χ0n) is 10.6. The summed E-state index contributed by atoms with van der Waals surface area (Å²) in [5, 5.41) is 6.87. The van der Waals surface area contributed by atoms with Crippen LogP contribution in [0, 0.1) is 5.41 Å². The molecule has 0 saturated heterocycles. The van der Waals surface area contributed by atoms with E-state index < -0.39 is 0 Å². The van der Waals surface area contributed by atoms with Gasteiger partial charge in [0.2, 0.25) is 0 Å². The van der Waals surface area contributed by atoms with E-state index in [1.54, 1.807) is 0 Å². The average molecular weight is 216 g/mol. The molecule has 86 valence electrons. The summed E-state index contributed by atoms with van der Waals surface area (Å²) in [7, 11) is 0. The lowest BCUT2D eigenvalue weighted by atomic mass is 9.82. The Kier molecular flexibility index (Phi) is 2.75. The van der Waals surface area contributed by atoms with Crippen molar-refractivity contribution in [2.75, 3.05) is 0 Å². The van der Waals surface area contributed by atoms with Crippen LogP contribution in [0.25, 0.3) is 0 Å². The van der Waals surface area contributed by atoms with Gasteiger partial charge < -0.3 is 0 Å². The molecule has 0 aliphatic carbocycles. The standard InChI is InChI=1S/C14H20N2/c1-11-14(3,4)12(2)16(15-11)10-13-8-6-5-7-9-13/h5-9,12H,10H2,1-4H3. The first-order chi connectivity index (χ1) is 7.51. The van der Waals surface area contributed by atoms with E-state index in [-0.39, 0.29) is 5.41 Å². The topological polar surface area (TPSA) is 15.6 Å². The third kappa shape index (κ3) is 1.84. The Balaban J connectivity index is 2.14. The molecule has 1 aromatic carbocycles. The Morgan fingerprint density at radius 2 is 1.88 bits per heavy atom. The van der Waals surface area contributed by atoms with Gasteiger partial charge in [-0.05, 0) is 19.4 Å². The molecule has 0 radical (unpaired) electrons. The number of hydrazone groups is 1. The van der Waals surface area contributed by atoms with Crippen LogP contribution in [-0.4, -0.2) is 16.8 Å². The SMILES string of the molecule is CC1=NN(Cc2ccccc2)C(C)C1(C)C. The molecule has 0 amide bonds. The summed E-state index contributed by atoms with van der Waals surface area (Å²) in [6.45, 7) is 9.82. The van der Waals surface area contributed by atoms with Crippen molar-refractivity contribution in [1.82, 2.24) is 5.01 Å². The van der Waals surface area contributed by atoms with Crippen molar-refractivity contribution in [3.63, 3.8) is 0 Å². The van der Waals surface area contributed by atoms with E-state index in [0.717, 1.165) is 6.54 Å². The van der Waals surface area contributed by atoms with Crippen LogP contribution < -0.4 is 0 Å². The van der Waals surface area contributed by atoms with Crippen LogP contribution in [0.2, 0.25) is 0 Å². The molecule has 1 atom stereocenters. The highest BCUT2D eigenvalue weighted by molar-refractivity contribution is 5.89. The van der Waals surface area contributed by atoms with Crippen molar-refractivity contribution < 1.29 is 0 Å². The number of rotatable bonds is 2. The van der Waals surface area contributed by atoms with Crippen LogP contribution in [0.1, 0.15) is 33.3 Å². The summed E-state index contributed by atoms with van der Waals surface area (Å²) in [6.07, 6.45) is 0. The second-order valence-electron chi connectivity index (χ2n) is 5.17. The maximum absolute atomic E-state index is 4.67. The molecule has 0 fully saturated rings. The highest BCUT2D eigenvalue weighted by atomic mass is 15.5. The molecule has 16 heavy (non-hydrogen) atoms. The Labute approximate surface area is 98.0 Å². The lowest BCUT2D eigenvalue weighted by Gasteiger charge is -2.29. The van der Waals surface area contributed by atoms with E-state index in [4.69, 9.17) is 0 Å². The molecular formula is C14H20N2. The fourth-order valence-corrected chi connectivity index (χ4v) is 2.03. The highest BCUT2D eigenvalue weighted by Crippen LogP contribution is 2.34. The molecule has 2 nitrogen and oxygen atoms in total. The van der Waals surface area contributed by atoms with Crippen molar-refractivity contribution in [2.45, 2.75) is 40.3 Å². The highest BCUT2D eigenvalue weighted by Gasteiger charge is 2.38. The van der Waals surface area contributed by atoms with E-state index >= 15 is 0 Å². The predicted octanol–water partition coefficient (Wildman–Crippen LogP) is 3.29. The Morgan fingerprint density at radius 1 is 1.25 bits per heavy atom. The molecule has 1 aliphatic rings. The van der Waals surface area contributed by atoms with Crippen molar-refractivity contribution in [1.29, 1.82) is 0 Å². The summed E-state index contributed by atoms with van der Waals surface area (Å²) in [6, 6.07) is 11.0. The van der Waals surface area contributed by atoms with Gasteiger partial charge in [-0.15, -0.1) is 0 Å². The van der Waals surface area contributed by atoms with Crippen LogP contribution in [0.15, 0.2) is 35.4 Å². The summed E-state index contributed by atoms with van der Waals surface area (Å²) in [5.74, 6) is 0. The van der Waals surface area contributed by atoms with Gasteiger partial charge in [-0.1, -0.05) is 44.2 Å². The second-order valence-corrected chi connectivity index (χ2v) is 5.17. The summed E-state index contributed by atoms with van der Waals surface area (Å²) < 4.78 is 0. The molecule has 0 N–H and O–H groups in total. The number of hydrogen-bond donors (Lipinski definition) is 0. The van der Waals surface area contributed by atoms with Gasteiger partial charge >= 0.3 is 0 Å².